The van der Waals surface area contributed by atoms with Crippen LogP contribution < -0.4 is 5.11 Å². The van der Waals surface area contributed by atoms with Crippen LogP contribution >= 0.6 is 0 Å². The molecule has 9 heteroatoms. The van der Waals surface area contributed by atoms with Gasteiger partial charge in [-0.15, -0.1) is 0 Å². The molecule has 0 spiro atoms. The highest BCUT2D eigenvalue weighted by Gasteiger charge is 2.22. The normalized spacial score (nSPS) is 12.9. The summed E-state index contributed by atoms with van der Waals surface area (Å²) in [6.45, 7) is 4.76. The number of aliphatic carboxylic acids is 1. The van der Waals surface area contributed by atoms with Crippen LogP contribution in [0.5, 0.6) is 0 Å². The first-order chi connectivity index (χ1) is 32.1. The van der Waals surface area contributed by atoms with Gasteiger partial charge in [-0.05, 0) is 44.9 Å². The zero-order chi connectivity index (χ0) is 48.4. The Morgan fingerprint density at radius 2 is 0.818 bits per heavy atom. The molecule has 0 amide bonds. The van der Waals surface area contributed by atoms with Crippen molar-refractivity contribution in [1.29, 1.82) is 0 Å². The second kappa shape index (κ2) is 49.2. The Kier molecular flexibility index (Phi) is 47.5. The van der Waals surface area contributed by atoms with E-state index in [2.05, 4.69) is 38.2 Å². The Hall–Kier alpha value is -2.23. The SMILES string of the molecule is CCCCC/C=C\C/C=C\CCCCCCCCCCCC(=O)OC(COC(=O)CCCCCCCCCCCCCCCCCCCCCCCC)COC(OCC[N+](C)(C)C)C(=O)[O-]. The molecule has 0 saturated heterocycles. The molecule has 0 fully saturated rings. The van der Waals surface area contributed by atoms with E-state index in [0.29, 0.717) is 23.9 Å². The molecule has 2 unspecified atom stereocenters. The minimum Gasteiger partial charge on any atom is -0.545 e. The molecule has 0 saturated carbocycles. The van der Waals surface area contributed by atoms with E-state index >= 15 is 0 Å². The molecule has 0 aromatic heterocycles. The molecule has 66 heavy (non-hydrogen) atoms. The highest BCUT2D eigenvalue weighted by molar-refractivity contribution is 5.70. The van der Waals surface area contributed by atoms with Crippen LogP contribution in [0.2, 0.25) is 0 Å². The number of carboxylic acids is 1. The number of quaternary nitrogens is 1. The van der Waals surface area contributed by atoms with Crippen LogP contribution in [-0.4, -0.2) is 82.3 Å². The van der Waals surface area contributed by atoms with E-state index in [-0.39, 0.29) is 32.2 Å². The van der Waals surface area contributed by atoms with Crippen molar-refractivity contribution in [3.05, 3.63) is 24.3 Å². The van der Waals surface area contributed by atoms with Gasteiger partial charge in [0.25, 0.3) is 0 Å². The number of esters is 2. The van der Waals surface area contributed by atoms with Crippen molar-refractivity contribution in [2.45, 2.75) is 277 Å². The third kappa shape index (κ3) is 49.7. The number of carbonyl (C=O) groups is 3. The van der Waals surface area contributed by atoms with Crippen LogP contribution in [-0.2, 0) is 33.3 Å². The molecule has 388 valence electrons. The van der Waals surface area contributed by atoms with Gasteiger partial charge < -0.3 is 33.3 Å². The van der Waals surface area contributed by atoms with Gasteiger partial charge >= 0.3 is 11.9 Å². The largest absolute Gasteiger partial charge is 0.545 e. The fourth-order valence-electron chi connectivity index (χ4n) is 8.10. The lowest BCUT2D eigenvalue weighted by Gasteiger charge is -2.26. The van der Waals surface area contributed by atoms with Crippen LogP contribution in [0, 0.1) is 0 Å². The maximum absolute atomic E-state index is 12.8. The lowest BCUT2D eigenvalue weighted by molar-refractivity contribution is -0.870. The fourth-order valence-corrected chi connectivity index (χ4v) is 8.10. The minimum absolute atomic E-state index is 0.149. The van der Waals surface area contributed by atoms with Crippen molar-refractivity contribution in [2.24, 2.45) is 0 Å². The van der Waals surface area contributed by atoms with E-state index in [1.807, 2.05) is 21.1 Å². The lowest BCUT2D eigenvalue weighted by atomic mass is 10.0. The molecule has 9 nitrogen and oxygen atoms in total. The molecular weight excluding hydrogens is 827 g/mol. The molecule has 0 aromatic rings. The van der Waals surface area contributed by atoms with Crippen LogP contribution in [0.25, 0.3) is 0 Å². The Morgan fingerprint density at radius 3 is 1.23 bits per heavy atom. The van der Waals surface area contributed by atoms with Crippen molar-refractivity contribution < 1.29 is 42.9 Å². The quantitative estimate of drug-likeness (QED) is 0.0195. The summed E-state index contributed by atoms with van der Waals surface area (Å²) >= 11 is 0. The predicted octanol–water partition coefficient (Wildman–Crippen LogP) is 14.6. The molecule has 0 aliphatic carbocycles. The zero-order valence-electron chi connectivity index (χ0n) is 44.1. The van der Waals surface area contributed by atoms with E-state index in [0.717, 1.165) is 51.4 Å². The van der Waals surface area contributed by atoms with Gasteiger partial charge in [0.1, 0.15) is 13.2 Å². The highest BCUT2D eigenvalue weighted by Crippen LogP contribution is 2.17. The van der Waals surface area contributed by atoms with E-state index in [4.69, 9.17) is 18.9 Å². The predicted molar refractivity (Wildman–Crippen MR) is 274 cm³/mol. The monoisotopic (exact) mass is 934 g/mol. The lowest BCUT2D eigenvalue weighted by Crippen LogP contribution is -2.44. The summed E-state index contributed by atoms with van der Waals surface area (Å²) in [6, 6.07) is 0. The van der Waals surface area contributed by atoms with Gasteiger partial charge in [-0.1, -0.05) is 231 Å². The summed E-state index contributed by atoms with van der Waals surface area (Å²) in [6.07, 6.45) is 53.6. The fraction of sp³-hybridized carbons (Fsp3) is 0.877. The maximum atomic E-state index is 12.8. The van der Waals surface area contributed by atoms with Crippen molar-refractivity contribution in [2.75, 3.05) is 47.5 Å². The maximum Gasteiger partial charge on any atom is 0.306 e. The summed E-state index contributed by atoms with van der Waals surface area (Å²) in [5.41, 5.74) is 0. The van der Waals surface area contributed by atoms with E-state index in [9.17, 15) is 19.5 Å². The van der Waals surface area contributed by atoms with Gasteiger partial charge in [-0.2, -0.15) is 0 Å². The van der Waals surface area contributed by atoms with Crippen LogP contribution in [0.1, 0.15) is 264 Å². The number of hydrogen-bond donors (Lipinski definition) is 0. The topological polar surface area (TPSA) is 111 Å². The summed E-state index contributed by atoms with van der Waals surface area (Å²) in [5.74, 6) is -2.27. The van der Waals surface area contributed by atoms with Crippen LogP contribution in [0.4, 0.5) is 0 Å². The Bertz CT molecular complexity index is 1130. The standard InChI is InChI=1S/C57H107NO8/c1-6-8-10-12-14-16-18-20-22-24-26-27-28-30-31-33-35-37-39-41-43-45-47-54(59)64-51-53(52-65-57(56(61)62)63-50-49-58(3,4)5)66-55(60)48-46-44-42-40-38-36-34-32-29-25-23-21-19-17-15-13-11-9-7-2/h15,17,21,23,53,57H,6-14,16,18-20,22,24-52H2,1-5H3/b17-15-,23-21-. The first-order valence-corrected chi connectivity index (χ1v) is 28.0. The molecule has 0 aliphatic rings. The van der Waals surface area contributed by atoms with Gasteiger partial charge in [0, 0.05) is 12.8 Å². The number of carboxylic acid groups (broad SMARTS) is 1. The van der Waals surface area contributed by atoms with E-state index in [1.165, 1.54) is 180 Å². The molecule has 0 aromatic carbocycles. The van der Waals surface area contributed by atoms with Crippen molar-refractivity contribution in [3.63, 3.8) is 0 Å². The molecule has 0 rings (SSSR count). The molecule has 0 radical (unpaired) electrons. The summed E-state index contributed by atoms with van der Waals surface area (Å²) in [4.78, 5) is 37.2. The molecule has 0 heterocycles. The van der Waals surface area contributed by atoms with Crippen molar-refractivity contribution in [3.8, 4) is 0 Å². The Balaban J connectivity index is 4.24. The van der Waals surface area contributed by atoms with Crippen molar-refractivity contribution >= 4 is 17.9 Å². The van der Waals surface area contributed by atoms with E-state index < -0.39 is 24.3 Å². The van der Waals surface area contributed by atoms with Gasteiger partial charge in [-0.25, -0.2) is 0 Å². The van der Waals surface area contributed by atoms with Crippen LogP contribution in [0.3, 0.4) is 0 Å². The average molecular weight is 934 g/mol. The number of likely N-dealkylation sites (N-methyl/N-ethyl adjacent to an activating group) is 1. The molecular formula is C57H107NO8. The number of ether oxygens (including phenoxy) is 4. The first kappa shape index (κ1) is 63.8. The molecule has 0 bridgehead atoms. The number of unbranched alkanes of at least 4 members (excludes halogenated alkanes) is 33. The van der Waals surface area contributed by atoms with Crippen molar-refractivity contribution in [1.82, 2.24) is 0 Å². The van der Waals surface area contributed by atoms with E-state index in [1.54, 1.807) is 0 Å². The van der Waals surface area contributed by atoms with Gasteiger partial charge in [-0.3, -0.25) is 9.59 Å². The third-order valence-corrected chi connectivity index (χ3v) is 12.5. The second-order valence-electron chi connectivity index (χ2n) is 20.2. The molecule has 0 N–H and O–H groups in total. The number of nitrogens with zero attached hydrogens (tertiary/aromatic N) is 1. The Morgan fingerprint density at radius 1 is 0.455 bits per heavy atom. The van der Waals surface area contributed by atoms with Gasteiger partial charge in [0.05, 0.1) is 40.3 Å². The molecule has 0 aliphatic heterocycles. The minimum atomic E-state index is -1.62. The number of carbonyl (C=O) groups excluding carboxylic acids is 3. The second-order valence-corrected chi connectivity index (χ2v) is 20.2. The summed E-state index contributed by atoms with van der Waals surface area (Å²) in [7, 11) is 5.92. The summed E-state index contributed by atoms with van der Waals surface area (Å²) in [5, 5.41) is 11.8. The number of rotatable bonds is 52. The van der Waals surface area contributed by atoms with Crippen LogP contribution in [0.15, 0.2) is 24.3 Å². The number of hydrogen-bond acceptors (Lipinski definition) is 8. The van der Waals surface area contributed by atoms with Gasteiger partial charge in [0.2, 0.25) is 0 Å². The Labute approximate surface area is 407 Å². The number of allylic oxidation sites excluding steroid dienone is 4. The zero-order valence-corrected chi connectivity index (χ0v) is 44.1. The average Bonchev–Trinajstić information content (AvgIpc) is 3.28. The smallest absolute Gasteiger partial charge is 0.306 e. The highest BCUT2D eigenvalue weighted by atomic mass is 16.7. The summed E-state index contributed by atoms with van der Waals surface area (Å²) < 4.78 is 22.7. The first-order valence-electron chi connectivity index (χ1n) is 28.0. The van der Waals surface area contributed by atoms with Gasteiger partial charge in [0.15, 0.2) is 12.4 Å². The molecule has 2 atom stereocenters. The third-order valence-electron chi connectivity index (χ3n) is 12.5.